The SMILES string of the molecule is CCCCCCCCCCCC(CCO)(CCO)NCc1ccccc1.Cl. The maximum Gasteiger partial charge on any atom is 0.0448 e. The number of unbranched alkanes of at least 4 members (excludes halogenated alkanes) is 8. The van der Waals surface area contributed by atoms with Gasteiger partial charge in [0.05, 0.1) is 0 Å². The van der Waals surface area contributed by atoms with E-state index in [1.807, 2.05) is 6.07 Å². The Labute approximate surface area is 173 Å². The second kappa shape index (κ2) is 17.5. The maximum absolute atomic E-state index is 9.55. The summed E-state index contributed by atoms with van der Waals surface area (Å²) in [5.74, 6) is 0. The highest BCUT2D eigenvalue weighted by molar-refractivity contribution is 5.85. The molecule has 0 atom stereocenters. The van der Waals surface area contributed by atoms with Gasteiger partial charge in [-0.1, -0.05) is 95.0 Å². The zero-order valence-corrected chi connectivity index (χ0v) is 18.1. The molecule has 4 heteroatoms. The Morgan fingerprint density at radius 2 is 1.26 bits per heavy atom. The summed E-state index contributed by atoms with van der Waals surface area (Å²) in [5.41, 5.74) is 1.10. The molecule has 0 fully saturated rings. The lowest BCUT2D eigenvalue weighted by atomic mass is 9.85. The highest BCUT2D eigenvalue weighted by Gasteiger charge is 2.27. The minimum atomic E-state index is -0.152. The maximum atomic E-state index is 9.55. The Morgan fingerprint density at radius 1 is 0.741 bits per heavy atom. The van der Waals surface area contributed by atoms with Crippen molar-refractivity contribution in [2.45, 2.75) is 96.1 Å². The van der Waals surface area contributed by atoms with Crippen LogP contribution in [0.15, 0.2) is 30.3 Å². The Kier molecular flexibility index (Phi) is 17.1. The third-order valence-electron chi connectivity index (χ3n) is 5.45. The Balaban J connectivity index is 0.00000676. The first-order chi connectivity index (χ1) is 12.8. The van der Waals surface area contributed by atoms with Crippen LogP contribution < -0.4 is 5.32 Å². The van der Waals surface area contributed by atoms with E-state index in [1.54, 1.807) is 0 Å². The van der Waals surface area contributed by atoms with Crippen LogP contribution in [0.5, 0.6) is 0 Å². The molecule has 0 aromatic heterocycles. The van der Waals surface area contributed by atoms with Gasteiger partial charge in [-0.15, -0.1) is 12.4 Å². The average Bonchev–Trinajstić information content (AvgIpc) is 2.66. The topological polar surface area (TPSA) is 52.5 Å². The second-order valence-electron chi connectivity index (χ2n) is 7.65. The van der Waals surface area contributed by atoms with E-state index in [1.165, 1.54) is 56.9 Å². The van der Waals surface area contributed by atoms with Crippen molar-refractivity contribution in [3.8, 4) is 0 Å². The summed E-state index contributed by atoms with van der Waals surface area (Å²) in [6.07, 6.45) is 14.3. The number of aliphatic hydroxyl groups is 2. The molecule has 158 valence electrons. The summed E-state index contributed by atoms with van der Waals surface area (Å²) in [7, 11) is 0. The molecule has 0 aliphatic heterocycles. The molecule has 0 aliphatic carbocycles. The zero-order chi connectivity index (χ0) is 18.9. The number of nitrogens with one attached hydrogen (secondary N) is 1. The number of hydrogen-bond acceptors (Lipinski definition) is 3. The van der Waals surface area contributed by atoms with Crippen molar-refractivity contribution >= 4 is 12.4 Å². The lowest BCUT2D eigenvalue weighted by Gasteiger charge is -2.35. The number of hydrogen-bond donors (Lipinski definition) is 3. The van der Waals surface area contributed by atoms with E-state index in [0.717, 1.165) is 19.4 Å². The highest BCUT2D eigenvalue weighted by Crippen LogP contribution is 2.24. The third kappa shape index (κ3) is 12.5. The van der Waals surface area contributed by atoms with Gasteiger partial charge < -0.3 is 15.5 Å². The summed E-state index contributed by atoms with van der Waals surface area (Å²) in [6.45, 7) is 3.38. The second-order valence-corrected chi connectivity index (χ2v) is 7.65. The van der Waals surface area contributed by atoms with Crippen LogP contribution in [0.3, 0.4) is 0 Å². The van der Waals surface area contributed by atoms with Crippen LogP contribution in [0.2, 0.25) is 0 Å². The predicted octanol–water partition coefficient (Wildman–Crippen LogP) is 5.62. The first-order valence-corrected chi connectivity index (χ1v) is 10.8. The summed E-state index contributed by atoms with van der Waals surface area (Å²) in [6, 6.07) is 10.4. The van der Waals surface area contributed by atoms with Crippen LogP contribution in [-0.2, 0) is 6.54 Å². The van der Waals surface area contributed by atoms with Crippen molar-refractivity contribution < 1.29 is 10.2 Å². The van der Waals surface area contributed by atoms with Crippen LogP contribution in [0.1, 0.15) is 89.5 Å². The van der Waals surface area contributed by atoms with Crippen molar-refractivity contribution in [3.63, 3.8) is 0 Å². The van der Waals surface area contributed by atoms with Crippen LogP contribution in [-0.4, -0.2) is 29.0 Å². The molecule has 0 saturated carbocycles. The lowest BCUT2D eigenvalue weighted by molar-refractivity contribution is 0.151. The van der Waals surface area contributed by atoms with Gasteiger partial charge in [-0.25, -0.2) is 0 Å². The van der Waals surface area contributed by atoms with E-state index in [9.17, 15) is 10.2 Å². The fourth-order valence-electron chi connectivity index (χ4n) is 3.73. The quantitative estimate of drug-likeness (QED) is 0.298. The third-order valence-corrected chi connectivity index (χ3v) is 5.45. The molecule has 0 radical (unpaired) electrons. The Bertz CT molecular complexity index is 422. The van der Waals surface area contributed by atoms with Gasteiger partial charge in [0.2, 0.25) is 0 Å². The normalized spacial score (nSPS) is 11.4. The van der Waals surface area contributed by atoms with E-state index in [0.29, 0.717) is 12.8 Å². The summed E-state index contributed by atoms with van der Waals surface area (Å²) in [4.78, 5) is 0. The fourth-order valence-corrected chi connectivity index (χ4v) is 3.73. The van der Waals surface area contributed by atoms with Gasteiger partial charge >= 0.3 is 0 Å². The van der Waals surface area contributed by atoms with Gasteiger partial charge in [-0.3, -0.25) is 0 Å². The first kappa shape index (κ1) is 26.4. The first-order valence-electron chi connectivity index (χ1n) is 10.8. The number of aliphatic hydroxyl groups excluding tert-OH is 2. The molecule has 0 bridgehead atoms. The van der Waals surface area contributed by atoms with E-state index >= 15 is 0 Å². The molecule has 0 amide bonds. The molecule has 1 rings (SSSR count). The van der Waals surface area contributed by atoms with Crippen LogP contribution in [0, 0.1) is 0 Å². The van der Waals surface area contributed by atoms with Crippen LogP contribution in [0.4, 0.5) is 0 Å². The van der Waals surface area contributed by atoms with Crippen LogP contribution in [0.25, 0.3) is 0 Å². The van der Waals surface area contributed by atoms with Gasteiger partial charge in [0.15, 0.2) is 0 Å². The molecule has 1 aromatic rings. The van der Waals surface area contributed by atoms with Gasteiger partial charge in [-0.05, 0) is 24.8 Å². The Morgan fingerprint density at radius 3 is 1.78 bits per heavy atom. The molecule has 0 unspecified atom stereocenters. The van der Waals surface area contributed by atoms with Gasteiger partial charge in [-0.2, -0.15) is 0 Å². The average molecular weight is 400 g/mol. The molecular weight excluding hydrogens is 358 g/mol. The van der Waals surface area contributed by atoms with E-state index in [4.69, 9.17) is 0 Å². The van der Waals surface area contributed by atoms with E-state index in [2.05, 4.69) is 36.5 Å². The molecule has 27 heavy (non-hydrogen) atoms. The molecule has 3 N–H and O–H groups in total. The summed E-state index contributed by atoms with van der Waals surface area (Å²) >= 11 is 0. The monoisotopic (exact) mass is 399 g/mol. The van der Waals surface area contributed by atoms with Crippen molar-refractivity contribution in [2.24, 2.45) is 0 Å². The standard InChI is InChI=1S/C23H41NO2.ClH/c1-2-3-4-5-6-7-8-9-13-16-23(17-19-25,18-20-26)24-21-22-14-11-10-12-15-22;/h10-12,14-15,24-26H,2-9,13,16-21H2,1H3;1H. The summed E-state index contributed by atoms with van der Waals surface area (Å²) in [5, 5.41) is 22.8. The molecule has 1 aromatic carbocycles. The van der Waals surface area contributed by atoms with Gasteiger partial charge in [0.1, 0.15) is 0 Å². The van der Waals surface area contributed by atoms with E-state index < -0.39 is 0 Å². The predicted molar refractivity (Wildman–Crippen MR) is 119 cm³/mol. The number of halogens is 1. The number of rotatable bonds is 17. The van der Waals surface area contributed by atoms with Crippen LogP contribution >= 0.6 is 12.4 Å². The minimum Gasteiger partial charge on any atom is -0.396 e. The Hall–Kier alpha value is -0.610. The molecule has 0 saturated heterocycles. The number of benzene rings is 1. The largest absolute Gasteiger partial charge is 0.396 e. The molecular formula is C23H42ClNO2. The summed E-state index contributed by atoms with van der Waals surface area (Å²) < 4.78 is 0. The van der Waals surface area contributed by atoms with Crippen molar-refractivity contribution in [1.29, 1.82) is 0 Å². The molecule has 0 aliphatic rings. The van der Waals surface area contributed by atoms with Crippen molar-refractivity contribution in [3.05, 3.63) is 35.9 Å². The van der Waals surface area contributed by atoms with Crippen molar-refractivity contribution in [1.82, 2.24) is 5.32 Å². The van der Waals surface area contributed by atoms with E-state index in [-0.39, 0.29) is 31.2 Å². The highest BCUT2D eigenvalue weighted by atomic mass is 35.5. The smallest absolute Gasteiger partial charge is 0.0448 e. The van der Waals surface area contributed by atoms with Gasteiger partial charge in [0, 0.05) is 25.3 Å². The van der Waals surface area contributed by atoms with Crippen molar-refractivity contribution in [2.75, 3.05) is 13.2 Å². The fraction of sp³-hybridized carbons (Fsp3) is 0.739. The minimum absolute atomic E-state index is 0. The molecule has 0 spiro atoms. The molecule has 0 heterocycles. The molecule has 3 nitrogen and oxygen atoms in total. The zero-order valence-electron chi connectivity index (χ0n) is 17.3. The lowest BCUT2D eigenvalue weighted by Crippen LogP contribution is -2.46. The van der Waals surface area contributed by atoms with Gasteiger partial charge in [0.25, 0.3) is 0 Å².